The van der Waals surface area contributed by atoms with E-state index in [1.165, 1.54) is 5.56 Å². The van der Waals surface area contributed by atoms with E-state index in [1.54, 1.807) is 18.4 Å². The van der Waals surface area contributed by atoms with Crippen LogP contribution in [-0.2, 0) is 11.3 Å². The Balaban J connectivity index is 1.65. The van der Waals surface area contributed by atoms with Gasteiger partial charge in [0.1, 0.15) is 0 Å². The lowest BCUT2D eigenvalue weighted by Crippen LogP contribution is -2.42. The van der Waals surface area contributed by atoms with Gasteiger partial charge in [-0.15, -0.1) is 10.2 Å². The number of anilines is 1. The molecule has 0 spiro atoms. The molecular formula is C22H28N4O3. The molecule has 7 nitrogen and oxygen atoms in total. The molecule has 0 aliphatic heterocycles. The van der Waals surface area contributed by atoms with Crippen molar-refractivity contribution in [2.75, 3.05) is 11.9 Å². The van der Waals surface area contributed by atoms with Crippen LogP contribution in [0.4, 0.5) is 5.69 Å². The van der Waals surface area contributed by atoms with Crippen LogP contribution in [-0.4, -0.2) is 33.6 Å². The third-order valence-electron chi connectivity index (χ3n) is 4.82. The van der Waals surface area contributed by atoms with Crippen molar-refractivity contribution < 1.29 is 13.6 Å². The van der Waals surface area contributed by atoms with Crippen LogP contribution in [0.1, 0.15) is 51.5 Å². The summed E-state index contributed by atoms with van der Waals surface area (Å²) in [5.74, 6) is 1.71. The molecule has 0 fully saturated rings. The molecule has 2 aromatic heterocycles. The topological polar surface area (TPSA) is 84.4 Å². The van der Waals surface area contributed by atoms with Gasteiger partial charge in [0.15, 0.2) is 5.76 Å². The van der Waals surface area contributed by atoms with Gasteiger partial charge in [0, 0.05) is 5.69 Å². The Bertz CT molecular complexity index is 901. The molecule has 29 heavy (non-hydrogen) atoms. The van der Waals surface area contributed by atoms with Crippen molar-refractivity contribution in [1.29, 1.82) is 0 Å². The Labute approximate surface area is 171 Å². The Hall–Kier alpha value is -2.93. The maximum absolute atomic E-state index is 12.8. The predicted octanol–water partition coefficient (Wildman–Crippen LogP) is 4.69. The van der Waals surface area contributed by atoms with Gasteiger partial charge in [0.25, 0.3) is 5.89 Å². The lowest BCUT2D eigenvalue weighted by atomic mass is 10.0. The molecule has 7 heteroatoms. The van der Waals surface area contributed by atoms with Crippen LogP contribution in [0.3, 0.4) is 0 Å². The molecule has 0 saturated heterocycles. The largest absolute Gasteiger partial charge is 0.459 e. The molecular weight excluding hydrogens is 368 g/mol. The summed E-state index contributed by atoms with van der Waals surface area (Å²) in [6.07, 6.45) is 2.46. The molecule has 0 bridgehead atoms. The number of aromatic nitrogens is 2. The molecule has 0 aliphatic rings. The number of nitrogens with zero attached hydrogens (tertiary/aromatic N) is 3. The van der Waals surface area contributed by atoms with Crippen molar-refractivity contribution in [3.05, 3.63) is 54.1 Å². The zero-order valence-corrected chi connectivity index (χ0v) is 17.4. The average Bonchev–Trinajstić information content (AvgIpc) is 3.39. The quantitative estimate of drug-likeness (QED) is 0.565. The van der Waals surface area contributed by atoms with Crippen molar-refractivity contribution in [1.82, 2.24) is 15.1 Å². The van der Waals surface area contributed by atoms with Crippen LogP contribution in [0, 0.1) is 0 Å². The summed E-state index contributed by atoms with van der Waals surface area (Å²) < 4.78 is 11.0. The van der Waals surface area contributed by atoms with Crippen molar-refractivity contribution in [2.45, 2.75) is 52.6 Å². The number of benzene rings is 1. The Morgan fingerprint density at radius 3 is 2.52 bits per heavy atom. The number of carbonyl (C=O) groups excluding carboxylic acids is 1. The Morgan fingerprint density at radius 2 is 1.90 bits per heavy atom. The first-order valence-corrected chi connectivity index (χ1v) is 9.99. The summed E-state index contributed by atoms with van der Waals surface area (Å²) in [5.41, 5.74) is 2.04. The number of hydrogen-bond acceptors (Lipinski definition) is 6. The second kappa shape index (κ2) is 9.52. The van der Waals surface area contributed by atoms with E-state index in [0.717, 1.165) is 18.7 Å². The molecule has 154 valence electrons. The minimum atomic E-state index is -0.348. The average molecular weight is 396 g/mol. The first-order chi connectivity index (χ1) is 14.0. The smallest absolute Gasteiger partial charge is 0.283 e. The van der Waals surface area contributed by atoms with Gasteiger partial charge >= 0.3 is 0 Å². The fraction of sp³-hybridized carbons (Fsp3) is 0.409. The Kier molecular flexibility index (Phi) is 6.82. The molecule has 2 heterocycles. The molecule has 0 saturated carbocycles. The fourth-order valence-electron chi connectivity index (χ4n) is 3.05. The number of nitrogens with one attached hydrogen (secondary N) is 1. The first-order valence-electron chi connectivity index (χ1n) is 9.99. The van der Waals surface area contributed by atoms with E-state index in [9.17, 15) is 4.79 Å². The van der Waals surface area contributed by atoms with E-state index < -0.39 is 0 Å². The van der Waals surface area contributed by atoms with Crippen LogP contribution in [0.5, 0.6) is 0 Å². The molecule has 0 radical (unpaired) electrons. The Morgan fingerprint density at radius 1 is 1.14 bits per heavy atom. The standard InChI is InChI=1S/C22H28N4O3/c1-5-12-26(14-20-24-25-22(29-20)19-7-6-13-28-19)16(4)21(27)23-18-10-8-17(9-11-18)15(2)3/h6-11,13,15-16H,5,12,14H2,1-4H3,(H,23,27)/t16-/m0/s1. The number of hydrogen-bond donors (Lipinski definition) is 1. The van der Waals surface area contributed by atoms with Gasteiger partial charge in [-0.1, -0.05) is 32.9 Å². The number of rotatable bonds is 9. The van der Waals surface area contributed by atoms with E-state index >= 15 is 0 Å². The van der Waals surface area contributed by atoms with Crippen LogP contribution in [0.25, 0.3) is 11.7 Å². The molecule has 1 atom stereocenters. The summed E-state index contributed by atoms with van der Waals surface area (Å²) in [5, 5.41) is 11.1. The maximum Gasteiger partial charge on any atom is 0.283 e. The van der Waals surface area contributed by atoms with Gasteiger partial charge in [0.05, 0.1) is 18.8 Å². The highest BCUT2D eigenvalue weighted by atomic mass is 16.4. The van der Waals surface area contributed by atoms with E-state index in [4.69, 9.17) is 8.83 Å². The summed E-state index contributed by atoms with van der Waals surface area (Å²) in [7, 11) is 0. The molecule has 0 aliphatic carbocycles. The fourth-order valence-corrected chi connectivity index (χ4v) is 3.05. The van der Waals surface area contributed by atoms with Gasteiger partial charge in [0.2, 0.25) is 11.8 Å². The monoisotopic (exact) mass is 396 g/mol. The second-order valence-electron chi connectivity index (χ2n) is 7.39. The van der Waals surface area contributed by atoms with E-state index in [-0.39, 0.29) is 11.9 Å². The highest BCUT2D eigenvalue weighted by Crippen LogP contribution is 2.20. The second-order valence-corrected chi connectivity index (χ2v) is 7.39. The van der Waals surface area contributed by atoms with Crippen LogP contribution in [0.15, 0.2) is 51.5 Å². The van der Waals surface area contributed by atoms with Crippen LogP contribution < -0.4 is 5.32 Å². The van der Waals surface area contributed by atoms with Crippen molar-refractivity contribution in [3.63, 3.8) is 0 Å². The number of carbonyl (C=O) groups is 1. The SMILES string of the molecule is CCCN(Cc1nnc(-c2ccco2)o1)[C@@H](C)C(=O)Nc1ccc(C(C)C)cc1. The third-order valence-corrected chi connectivity index (χ3v) is 4.82. The highest BCUT2D eigenvalue weighted by Gasteiger charge is 2.23. The number of amides is 1. The summed E-state index contributed by atoms with van der Waals surface area (Å²) in [6, 6.07) is 11.2. The highest BCUT2D eigenvalue weighted by molar-refractivity contribution is 5.94. The molecule has 1 aromatic carbocycles. The maximum atomic E-state index is 12.8. The minimum absolute atomic E-state index is 0.0680. The van der Waals surface area contributed by atoms with E-state index in [2.05, 4.69) is 36.3 Å². The first kappa shape index (κ1) is 20.8. The molecule has 1 amide bonds. The van der Waals surface area contributed by atoms with E-state index in [0.29, 0.717) is 30.0 Å². The molecule has 1 N–H and O–H groups in total. The van der Waals surface area contributed by atoms with Gasteiger partial charge in [-0.3, -0.25) is 9.69 Å². The summed E-state index contributed by atoms with van der Waals surface area (Å²) in [6.45, 7) is 9.38. The zero-order valence-electron chi connectivity index (χ0n) is 17.4. The van der Waals surface area contributed by atoms with Gasteiger partial charge in [-0.05, 0) is 55.6 Å². The third kappa shape index (κ3) is 5.32. The van der Waals surface area contributed by atoms with Crippen molar-refractivity contribution >= 4 is 11.6 Å². The molecule has 3 rings (SSSR count). The van der Waals surface area contributed by atoms with Gasteiger partial charge in [-0.2, -0.15) is 0 Å². The number of furan rings is 1. The van der Waals surface area contributed by atoms with Gasteiger partial charge in [-0.25, -0.2) is 0 Å². The molecule has 3 aromatic rings. The molecule has 0 unspecified atom stereocenters. The summed E-state index contributed by atoms with van der Waals surface area (Å²) >= 11 is 0. The van der Waals surface area contributed by atoms with Crippen LogP contribution in [0.2, 0.25) is 0 Å². The normalized spacial score (nSPS) is 12.5. The predicted molar refractivity (Wildman–Crippen MR) is 111 cm³/mol. The van der Waals surface area contributed by atoms with Crippen molar-refractivity contribution in [3.8, 4) is 11.7 Å². The minimum Gasteiger partial charge on any atom is -0.459 e. The summed E-state index contributed by atoms with van der Waals surface area (Å²) in [4.78, 5) is 14.8. The lowest BCUT2D eigenvalue weighted by Gasteiger charge is -2.26. The van der Waals surface area contributed by atoms with Gasteiger partial charge < -0.3 is 14.2 Å². The van der Waals surface area contributed by atoms with Crippen LogP contribution >= 0.6 is 0 Å². The zero-order chi connectivity index (χ0) is 20.8. The van der Waals surface area contributed by atoms with Crippen molar-refractivity contribution in [2.24, 2.45) is 0 Å². The van der Waals surface area contributed by atoms with E-state index in [1.807, 2.05) is 36.1 Å². The lowest BCUT2D eigenvalue weighted by molar-refractivity contribution is -0.121.